The highest BCUT2D eigenvalue weighted by Gasteiger charge is 2.16. The summed E-state index contributed by atoms with van der Waals surface area (Å²) >= 11 is 0. The third-order valence-electron chi connectivity index (χ3n) is 2.65. The first-order valence-corrected chi connectivity index (χ1v) is 5.98. The summed E-state index contributed by atoms with van der Waals surface area (Å²) in [5, 5.41) is 2.53. The van der Waals surface area contributed by atoms with E-state index in [0.717, 1.165) is 0 Å². The number of para-hydroxylation sites is 1. The molecule has 0 spiro atoms. The minimum Gasteiger partial charge on any atom is -0.462 e. The van der Waals surface area contributed by atoms with Gasteiger partial charge in [0.15, 0.2) is 0 Å². The zero-order valence-electron chi connectivity index (χ0n) is 11.4. The molecule has 104 valence electrons. The lowest BCUT2D eigenvalue weighted by Crippen LogP contribution is -2.33. The van der Waals surface area contributed by atoms with Crippen molar-refractivity contribution in [3.05, 3.63) is 23.8 Å². The number of esters is 1. The van der Waals surface area contributed by atoms with Gasteiger partial charge in [-0.15, -0.1) is 0 Å². The smallest absolute Gasteiger partial charge is 0.340 e. The number of benzene rings is 1. The predicted octanol–water partition coefficient (Wildman–Crippen LogP) is 0.628. The SMILES string of the molecule is CCOC(=O)c1cccc(N(C)CC(=O)NC)c1N. The van der Waals surface area contributed by atoms with Gasteiger partial charge < -0.3 is 20.7 Å². The Morgan fingerprint density at radius 1 is 1.42 bits per heavy atom. The quantitative estimate of drug-likeness (QED) is 0.602. The highest BCUT2D eigenvalue weighted by molar-refractivity contribution is 5.98. The van der Waals surface area contributed by atoms with Gasteiger partial charge in [-0.3, -0.25) is 4.79 Å². The maximum absolute atomic E-state index is 11.7. The van der Waals surface area contributed by atoms with Crippen molar-refractivity contribution >= 4 is 23.3 Å². The van der Waals surface area contributed by atoms with Crippen LogP contribution in [-0.2, 0) is 9.53 Å². The fourth-order valence-electron chi connectivity index (χ4n) is 1.65. The molecule has 6 nitrogen and oxygen atoms in total. The Labute approximate surface area is 112 Å². The summed E-state index contributed by atoms with van der Waals surface area (Å²) in [7, 11) is 3.30. The molecule has 0 aliphatic carbocycles. The van der Waals surface area contributed by atoms with Gasteiger partial charge in [0.25, 0.3) is 0 Å². The van der Waals surface area contributed by atoms with E-state index in [-0.39, 0.29) is 19.1 Å². The molecule has 1 rings (SSSR count). The average Bonchev–Trinajstić information content (AvgIpc) is 2.38. The van der Waals surface area contributed by atoms with E-state index in [2.05, 4.69) is 5.32 Å². The van der Waals surface area contributed by atoms with Crippen molar-refractivity contribution in [1.82, 2.24) is 5.32 Å². The monoisotopic (exact) mass is 265 g/mol. The van der Waals surface area contributed by atoms with Crippen LogP contribution in [0.2, 0.25) is 0 Å². The van der Waals surface area contributed by atoms with Gasteiger partial charge in [-0.1, -0.05) is 6.07 Å². The first-order chi connectivity index (χ1) is 9.01. The number of nitrogens with two attached hydrogens (primary N) is 1. The van der Waals surface area contributed by atoms with Crippen molar-refractivity contribution in [2.45, 2.75) is 6.92 Å². The third-order valence-corrected chi connectivity index (χ3v) is 2.65. The van der Waals surface area contributed by atoms with E-state index in [1.807, 2.05) is 0 Å². The van der Waals surface area contributed by atoms with Crippen LogP contribution in [0.4, 0.5) is 11.4 Å². The summed E-state index contributed by atoms with van der Waals surface area (Å²) in [5.41, 5.74) is 7.20. The molecule has 0 atom stereocenters. The van der Waals surface area contributed by atoms with Crippen molar-refractivity contribution < 1.29 is 14.3 Å². The highest BCUT2D eigenvalue weighted by atomic mass is 16.5. The molecular weight excluding hydrogens is 246 g/mol. The van der Waals surface area contributed by atoms with Crippen molar-refractivity contribution in [3.63, 3.8) is 0 Å². The van der Waals surface area contributed by atoms with Crippen LogP contribution in [0, 0.1) is 0 Å². The van der Waals surface area contributed by atoms with Crippen LogP contribution in [0.1, 0.15) is 17.3 Å². The number of nitrogens with zero attached hydrogens (tertiary/aromatic N) is 1. The first kappa shape index (κ1) is 14.8. The zero-order chi connectivity index (χ0) is 14.4. The second-order valence-corrected chi connectivity index (χ2v) is 3.99. The van der Waals surface area contributed by atoms with Gasteiger partial charge in [-0.05, 0) is 19.1 Å². The van der Waals surface area contributed by atoms with Crippen LogP contribution in [-0.4, -0.2) is 39.1 Å². The summed E-state index contributed by atoms with van der Waals surface area (Å²) < 4.78 is 4.93. The Morgan fingerprint density at radius 2 is 2.11 bits per heavy atom. The Morgan fingerprint density at radius 3 is 2.68 bits per heavy atom. The number of amides is 1. The molecule has 0 aliphatic rings. The van der Waals surface area contributed by atoms with Crippen LogP contribution < -0.4 is 16.0 Å². The molecule has 0 bridgehead atoms. The lowest BCUT2D eigenvalue weighted by atomic mass is 10.1. The third kappa shape index (κ3) is 3.61. The van der Waals surface area contributed by atoms with Crippen molar-refractivity contribution in [3.8, 4) is 0 Å². The van der Waals surface area contributed by atoms with Gasteiger partial charge in [-0.2, -0.15) is 0 Å². The van der Waals surface area contributed by atoms with Crippen LogP contribution in [0.15, 0.2) is 18.2 Å². The molecule has 0 heterocycles. The van der Waals surface area contributed by atoms with Gasteiger partial charge in [0.05, 0.1) is 30.1 Å². The highest BCUT2D eigenvalue weighted by Crippen LogP contribution is 2.26. The molecule has 6 heteroatoms. The number of anilines is 2. The number of ether oxygens (including phenoxy) is 1. The second-order valence-electron chi connectivity index (χ2n) is 3.99. The molecule has 0 fully saturated rings. The summed E-state index contributed by atoms with van der Waals surface area (Å²) in [6.07, 6.45) is 0. The van der Waals surface area contributed by atoms with E-state index in [1.54, 1.807) is 44.1 Å². The number of carbonyl (C=O) groups excluding carboxylic acids is 2. The number of carbonyl (C=O) groups is 2. The van der Waals surface area contributed by atoms with Crippen molar-refractivity contribution in [2.24, 2.45) is 0 Å². The summed E-state index contributed by atoms with van der Waals surface area (Å²) in [6.45, 7) is 2.18. The van der Waals surface area contributed by atoms with E-state index in [9.17, 15) is 9.59 Å². The molecule has 0 unspecified atom stereocenters. The Bertz CT molecular complexity index is 474. The average molecular weight is 265 g/mol. The number of likely N-dealkylation sites (N-methyl/N-ethyl adjacent to an activating group) is 2. The first-order valence-electron chi connectivity index (χ1n) is 5.98. The van der Waals surface area contributed by atoms with Crippen molar-refractivity contribution in [1.29, 1.82) is 0 Å². The minimum absolute atomic E-state index is 0.136. The van der Waals surface area contributed by atoms with E-state index in [4.69, 9.17) is 10.5 Å². The summed E-state index contributed by atoms with van der Waals surface area (Å²) in [6, 6.07) is 5.06. The van der Waals surface area contributed by atoms with Gasteiger partial charge in [0, 0.05) is 14.1 Å². The van der Waals surface area contributed by atoms with Crippen LogP contribution >= 0.6 is 0 Å². The predicted molar refractivity (Wildman–Crippen MR) is 74.1 cm³/mol. The molecule has 1 amide bonds. The van der Waals surface area contributed by atoms with Gasteiger partial charge in [-0.25, -0.2) is 4.79 Å². The molecule has 1 aromatic carbocycles. The second kappa shape index (κ2) is 6.63. The lowest BCUT2D eigenvalue weighted by molar-refractivity contribution is -0.119. The van der Waals surface area contributed by atoms with E-state index < -0.39 is 5.97 Å². The molecule has 0 aliphatic heterocycles. The zero-order valence-corrected chi connectivity index (χ0v) is 11.4. The molecule has 0 saturated carbocycles. The van der Waals surface area contributed by atoms with Crippen LogP contribution in [0.3, 0.4) is 0 Å². The molecule has 3 N–H and O–H groups in total. The largest absolute Gasteiger partial charge is 0.462 e. The summed E-state index contributed by atoms with van der Waals surface area (Å²) in [5.74, 6) is -0.598. The topological polar surface area (TPSA) is 84.7 Å². The fraction of sp³-hybridized carbons (Fsp3) is 0.385. The Balaban J connectivity index is 3.00. The molecule has 19 heavy (non-hydrogen) atoms. The normalized spacial score (nSPS) is 9.84. The Kier molecular flexibility index (Phi) is 5.17. The maximum Gasteiger partial charge on any atom is 0.340 e. The van der Waals surface area contributed by atoms with E-state index >= 15 is 0 Å². The molecule has 0 saturated heterocycles. The number of nitrogens with one attached hydrogen (secondary N) is 1. The summed E-state index contributed by atoms with van der Waals surface area (Å²) in [4.78, 5) is 24.7. The van der Waals surface area contributed by atoms with E-state index in [0.29, 0.717) is 16.9 Å². The van der Waals surface area contributed by atoms with E-state index in [1.165, 1.54) is 0 Å². The number of hydrogen-bond acceptors (Lipinski definition) is 5. The molecule has 1 aromatic rings. The lowest BCUT2D eigenvalue weighted by Gasteiger charge is -2.21. The van der Waals surface area contributed by atoms with Gasteiger partial charge >= 0.3 is 5.97 Å². The number of nitrogen functional groups attached to an aromatic ring is 1. The molecule has 0 aromatic heterocycles. The molecule has 0 radical (unpaired) electrons. The van der Waals surface area contributed by atoms with Gasteiger partial charge in [0.1, 0.15) is 0 Å². The fourth-order valence-corrected chi connectivity index (χ4v) is 1.65. The van der Waals surface area contributed by atoms with Crippen LogP contribution in [0.5, 0.6) is 0 Å². The number of rotatable bonds is 5. The maximum atomic E-state index is 11.7. The van der Waals surface area contributed by atoms with Crippen LogP contribution in [0.25, 0.3) is 0 Å². The number of hydrogen-bond donors (Lipinski definition) is 2. The Hall–Kier alpha value is -2.24. The van der Waals surface area contributed by atoms with Gasteiger partial charge in [0.2, 0.25) is 5.91 Å². The van der Waals surface area contributed by atoms with Crippen molar-refractivity contribution in [2.75, 3.05) is 37.9 Å². The minimum atomic E-state index is -0.463. The standard InChI is InChI=1S/C13H19N3O3/c1-4-19-13(18)9-6-5-7-10(12(9)14)16(3)8-11(17)15-2/h5-7H,4,8,14H2,1-3H3,(H,15,17). The molecular formula is C13H19N3O3.